The van der Waals surface area contributed by atoms with Gasteiger partial charge in [-0.15, -0.1) is 0 Å². The van der Waals surface area contributed by atoms with E-state index in [1.807, 2.05) is 0 Å². The van der Waals surface area contributed by atoms with E-state index in [4.69, 9.17) is 10.5 Å². The lowest BCUT2D eigenvalue weighted by molar-refractivity contribution is 0.0696. The molecule has 1 aliphatic rings. The van der Waals surface area contributed by atoms with Gasteiger partial charge in [-0.1, -0.05) is 24.3 Å². The van der Waals surface area contributed by atoms with Gasteiger partial charge in [0.05, 0.1) is 28.1 Å². The lowest BCUT2D eigenvalue weighted by Crippen LogP contribution is -2.23. The summed E-state index contributed by atoms with van der Waals surface area (Å²) in [6.45, 7) is 1.79. The third-order valence-electron chi connectivity index (χ3n) is 5.85. The molecular formula is C28H19BrN2O5. The predicted molar refractivity (Wildman–Crippen MR) is 140 cm³/mol. The van der Waals surface area contributed by atoms with Gasteiger partial charge in [-0.05, 0) is 76.9 Å². The van der Waals surface area contributed by atoms with Crippen molar-refractivity contribution >= 4 is 50.5 Å². The van der Waals surface area contributed by atoms with E-state index in [0.29, 0.717) is 38.5 Å². The van der Waals surface area contributed by atoms with Gasteiger partial charge in [0.25, 0.3) is 0 Å². The summed E-state index contributed by atoms with van der Waals surface area (Å²) >= 11 is 3.41. The number of carboxylic acid groups (broad SMARTS) is 1. The number of fused-ring (bicyclic) bond motifs is 2. The van der Waals surface area contributed by atoms with Crippen LogP contribution in [0.5, 0.6) is 11.5 Å². The number of ketones is 2. The van der Waals surface area contributed by atoms with Crippen molar-refractivity contribution in [2.75, 3.05) is 11.1 Å². The third kappa shape index (κ3) is 4.12. The van der Waals surface area contributed by atoms with E-state index in [9.17, 15) is 19.5 Å². The average Bonchev–Trinajstić information content (AvgIpc) is 2.85. The summed E-state index contributed by atoms with van der Waals surface area (Å²) in [4.78, 5) is 37.9. The second-order valence-corrected chi connectivity index (χ2v) is 9.22. The number of hydrogen-bond acceptors (Lipinski definition) is 6. The van der Waals surface area contributed by atoms with E-state index >= 15 is 0 Å². The van der Waals surface area contributed by atoms with Crippen LogP contribution in [0.3, 0.4) is 0 Å². The highest BCUT2D eigenvalue weighted by Crippen LogP contribution is 2.40. The van der Waals surface area contributed by atoms with Crippen molar-refractivity contribution < 1.29 is 24.2 Å². The Kier molecular flexibility index (Phi) is 5.81. The molecule has 0 radical (unpaired) electrons. The fourth-order valence-electron chi connectivity index (χ4n) is 4.21. The zero-order valence-electron chi connectivity index (χ0n) is 19.0. The Labute approximate surface area is 214 Å². The molecule has 0 amide bonds. The average molecular weight is 543 g/mol. The summed E-state index contributed by atoms with van der Waals surface area (Å²) in [6.07, 6.45) is 0. The highest BCUT2D eigenvalue weighted by atomic mass is 79.9. The number of nitrogens with two attached hydrogens (primary N) is 1. The van der Waals surface area contributed by atoms with Crippen molar-refractivity contribution in [3.05, 3.63) is 111 Å². The lowest BCUT2D eigenvalue weighted by Gasteiger charge is -2.23. The Morgan fingerprint density at radius 3 is 2.17 bits per heavy atom. The number of aryl methyl sites for hydroxylation is 1. The van der Waals surface area contributed by atoms with Gasteiger partial charge in [0.1, 0.15) is 11.5 Å². The number of ether oxygens (including phenoxy) is 1. The topological polar surface area (TPSA) is 119 Å². The number of anilines is 3. The lowest BCUT2D eigenvalue weighted by atomic mass is 9.82. The maximum atomic E-state index is 13.4. The Hall–Kier alpha value is -4.43. The molecule has 0 heterocycles. The molecule has 0 atom stereocenters. The van der Waals surface area contributed by atoms with Gasteiger partial charge in [0.2, 0.25) is 0 Å². The summed E-state index contributed by atoms with van der Waals surface area (Å²) in [7, 11) is 0. The summed E-state index contributed by atoms with van der Waals surface area (Å²) in [6, 6.07) is 20.1. The first kappa shape index (κ1) is 23.3. The monoisotopic (exact) mass is 542 g/mol. The molecule has 0 fully saturated rings. The van der Waals surface area contributed by atoms with Crippen LogP contribution < -0.4 is 15.8 Å². The SMILES string of the molecule is Cc1cc(Oc2ccc(Nc3cc(Br)c(N)c4c3C(=O)c3ccccc3C4=O)cc2)cc(C(=O)O)c1. The second-order valence-electron chi connectivity index (χ2n) is 8.36. The number of hydrogen-bond donors (Lipinski definition) is 3. The number of carbonyl (C=O) groups is 3. The smallest absolute Gasteiger partial charge is 0.335 e. The Morgan fingerprint density at radius 2 is 1.53 bits per heavy atom. The third-order valence-corrected chi connectivity index (χ3v) is 6.51. The summed E-state index contributed by atoms with van der Waals surface area (Å²) in [5.41, 5.74) is 9.48. The number of carbonyl (C=O) groups excluding carboxylic acids is 2. The fourth-order valence-corrected chi connectivity index (χ4v) is 4.64. The normalized spacial score (nSPS) is 12.1. The largest absolute Gasteiger partial charge is 0.478 e. The van der Waals surface area contributed by atoms with Crippen molar-refractivity contribution in [3.63, 3.8) is 0 Å². The summed E-state index contributed by atoms with van der Waals surface area (Å²) < 4.78 is 6.33. The minimum absolute atomic E-state index is 0.141. The molecule has 5 rings (SSSR count). The van der Waals surface area contributed by atoms with Crippen LogP contribution in [-0.4, -0.2) is 22.6 Å². The maximum Gasteiger partial charge on any atom is 0.335 e. The molecule has 0 saturated heterocycles. The van der Waals surface area contributed by atoms with E-state index < -0.39 is 5.97 Å². The van der Waals surface area contributed by atoms with Crippen molar-refractivity contribution in [2.45, 2.75) is 6.92 Å². The minimum atomic E-state index is -1.03. The molecule has 8 heteroatoms. The first-order valence-corrected chi connectivity index (χ1v) is 11.7. The first-order chi connectivity index (χ1) is 17.2. The fraction of sp³-hybridized carbons (Fsp3) is 0.0357. The molecule has 1 aliphatic carbocycles. The molecule has 0 saturated carbocycles. The van der Waals surface area contributed by atoms with Gasteiger partial charge in [0, 0.05) is 21.3 Å². The molecule has 0 aliphatic heterocycles. The molecule has 0 spiro atoms. The van der Waals surface area contributed by atoms with Crippen LogP contribution in [0.1, 0.15) is 47.8 Å². The van der Waals surface area contributed by atoms with E-state index in [2.05, 4.69) is 21.2 Å². The van der Waals surface area contributed by atoms with Crippen LogP contribution in [0.15, 0.2) is 77.3 Å². The van der Waals surface area contributed by atoms with Crippen LogP contribution in [0.25, 0.3) is 0 Å². The van der Waals surface area contributed by atoms with Crippen LogP contribution in [0.2, 0.25) is 0 Å². The Balaban J connectivity index is 1.46. The van der Waals surface area contributed by atoms with Crippen LogP contribution in [-0.2, 0) is 0 Å². The Morgan fingerprint density at radius 1 is 0.889 bits per heavy atom. The van der Waals surface area contributed by atoms with Gasteiger partial charge < -0.3 is 20.9 Å². The molecular weight excluding hydrogens is 524 g/mol. The number of benzene rings is 4. The Bertz CT molecular complexity index is 1580. The molecule has 178 valence electrons. The molecule has 4 aromatic carbocycles. The first-order valence-electron chi connectivity index (χ1n) is 10.9. The van der Waals surface area contributed by atoms with Crippen molar-refractivity contribution in [2.24, 2.45) is 0 Å². The molecule has 0 unspecified atom stereocenters. The maximum absolute atomic E-state index is 13.4. The minimum Gasteiger partial charge on any atom is -0.478 e. The molecule has 0 bridgehead atoms. The van der Waals surface area contributed by atoms with Gasteiger partial charge in [0.15, 0.2) is 11.6 Å². The summed E-state index contributed by atoms with van der Waals surface area (Å²) in [5, 5.41) is 12.5. The van der Waals surface area contributed by atoms with E-state index in [1.54, 1.807) is 73.7 Å². The van der Waals surface area contributed by atoms with Gasteiger partial charge in [-0.2, -0.15) is 0 Å². The van der Waals surface area contributed by atoms with Crippen molar-refractivity contribution in [1.82, 2.24) is 0 Å². The predicted octanol–water partition coefficient (Wildman–Crippen LogP) is 6.35. The van der Waals surface area contributed by atoms with Crippen LogP contribution in [0, 0.1) is 6.92 Å². The number of nitrogens with one attached hydrogen (secondary N) is 1. The molecule has 0 aromatic heterocycles. The molecule has 4 aromatic rings. The van der Waals surface area contributed by atoms with Crippen LogP contribution >= 0.6 is 15.9 Å². The van der Waals surface area contributed by atoms with Crippen molar-refractivity contribution in [3.8, 4) is 11.5 Å². The number of nitrogen functional groups attached to an aromatic ring is 1. The molecule has 7 nitrogen and oxygen atoms in total. The molecule has 36 heavy (non-hydrogen) atoms. The highest BCUT2D eigenvalue weighted by Gasteiger charge is 2.34. The number of aromatic carboxylic acids is 1. The van der Waals surface area contributed by atoms with Crippen molar-refractivity contribution in [1.29, 1.82) is 0 Å². The number of rotatable bonds is 5. The zero-order valence-corrected chi connectivity index (χ0v) is 20.5. The van der Waals surface area contributed by atoms with Gasteiger partial charge in [-0.3, -0.25) is 9.59 Å². The van der Waals surface area contributed by atoms with E-state index in [-0.39, 0.29) is 33.9 Å². The molecule has 4 N–H and O–H groups in total. The van der Waals surface area contributed by atoms with Crippen LogP contribution in [0.4, 0.5) is 17.1 Å². The van der Waals surface area contributed by atoms with E-state index in [1.165, 1.54) is 6.07 Å². The standard InChI is InChI=1S/C28H19BrN2O5/c1-14-10-15(28(34)35)12-18(11-14)36-17-8-6-16(7-9-17)31-22-13-21(29)25(30)24-23(22)26(32)19-4-2-3-5-20(19)27(24)33/h2-13,31H,30H2,1H3,(H,34,35). The van der Waals surface area contributed by atoms with Gasteiger partial charge >= 0.3 is 5.97 Å². The van der Waals surface area contributed by atoms with E-state index in [0.717, 1.165) is 5.56 Å². The zero-order chi connectivity index (χ0) is 25.6. The highest BCUT2D eigenvalue weighted by molar-refractivity contribution is 9.10. The number of carboxylic acids is 1. The second kappa shape index (κ2) is 8.98. The van der Waals surface area contributed by atoms with Gasteiger partial charge in [-0.25, -0.2) is 4.79 Å². The summed E-state index contributed by atoms with van der Waals surface area (Å²) in [5.74, 6) is -0.701. The number of halogens is 1. The quantitative estimate of drug-likeness (QED) is 0.221.